The van der Waals surface area contributed by atoms with Gasteiger partial charge in [0, 0.05) is 11.3 Å². The smallest absolute Gasteiger partial charge is 0.257 e. The lowest BCUT2D eigenvalue weighted by atomic mass is 10.1. The van der Waals surface area contributed by atoms with Gasteiger partial charge in [-0.25, -0.2) is 0 Å². The molecule has 0 aliphatic rings. The van der Waals surface area contributed by atoms with E-state index in [1.54, 1.807) is 31.4 Å². The van der Waals surface area contributed by atoms with Crippen LogP contribution in [0.15, 0.2) is 46.8 Å². The maximum absolute atomic E-state index is 12.3. The number of hydrogen-bond donors (Lipinski definition) is 2. The number of carbonyl (C=O) groups is 2. The standard InChI is InChI=1S/C20H20N4O3S2/c1-12-4-5-13(2)16(10-12)21-17(25)11-28-20-24-23-19(29-20)22-18(26)14-6-8-15(27-3)9-7-14/h4-10H,11H2,1-3H3,(H,21,25)(H,22,23,26). The third-order valence-electron chi connectivity index (χ3n) is 3.97. The molecule has 3 aromatic rings. The van der Waals surface area contributed by atoms with Gasteiger partial charge in [0.25, 0.3) is 5.91 Å². The van der Waals surface area contributed by atoms with Crippen molar-refractivity contribution in [3.05, 3.63) is 59.2 Å². The zero-order chi connectivity index (χ0) is 20.8. The SMILES string of the molecule is COc1ccc(C(=O)Nc2nnc(SCC(=O)Nc3cc(C)ccc3C)s2)cc1. The van der Waals surface area contributed by atoms with Crippen LogP contribution in [0.3, 0.4) is 0 Å². The maximum atomic E-state index is 12.3. The van der Waals surface area contributed by atoms with Gasteiger partial charge in [0.05, 0.1) is 12.9 Å². The van der Waals surface area contributed by atoms with Crippen LogP contribution in [-0.2, 0) is 4.79 Å². The van der Waals surface area contributed by atoms with Crippen molar-refractivity contribution >= 4 is 45.7 Å². The van der Waals surface area contributed by atoms with E-state index in [1.807, 2.05) is 32.0 Å². The number of methoxy groups -OCH3 is 1. The number of hydrogen-bond acceptors (Lipinski definition) is 7. The molecule has 1 aromatic heterocycles. The van der Waals surface area contributed by atoms with Crippen LogP contribution in [-0.4, -0.2) is 34.9 Å². The Hall–Kier alpha value is -2.91. The summed E-state index contributed by atoms with van der Waals surface area (Å²) in [6.45, 7) is 3.93. The van der Waals surface area contributed by atoms with E-state index in [0.717, 1.165) is 16.8 Å². The van der Waals surface area contributed by atoms with Crippen molar-refractivity contribution in [2.24, 2.45) is 0 Å². The monoisotopic (exact) mass is 428 g/mol. The van der Waals surface area contributed by atoms with Gasteiger partial charge in [-0.1, -0.05) is 35.2 Å². The third-order valence-corrected chi connectivity index (χ3v) is 5.95. The fourth-order valence-corrected chi connectivity index (χ4v) is 3.96. The second kappa shape index (κ2) is 9.53. The van der Waals surface area contributed by atoms with Crippen molar-refractivity contribution in [2.45, 2.75) is 18.2 Å². The van der Waals surface area contributed by atoms with Crippen LogP contribution >= 0.6 is 23.1 Å². The molecule has 0 saturated carbocycles. The molecule has 150 valence electrons. The fourth-order valence-electron chi connectivity index (χ4n) is 2.41. The molecule has 2 amide bonds. The molecule has 0 unspecified atom stereocenters. The van der Waals surface area contributed by atoms with E-state index in [2.05, 4.69) is 20.8 Å². The first-order valence-corrected chi connectivity index (χ1v) is 10.5. The molecule has 1 heterocycles. The molecule has 2 aromatic carbocycles. The summed E-state index contributed by atoms with van der Waals surface area (Å²) in [4.78, 5) is 24.5. The predicted molar refractivity (Wildman–Crippen MR) is 116 cm³/mol. The van der Waals surface area contributed by atoms with E-state index in [0.29, 0.717) is 20.8 Å². The van der Waals surface area contributed by atoms with Crippen molar-refractivity contribution in [1.29, 1.82) is 0 Å². The van der Waals surface area contributed by atoms with Crippen molar-refractivity contribution in [3.63, 3.8) is 0 Å². The minimum atomic E-state index is -0.284. The van der Waals surface area contributed by atoms with E-state index in [4.69, 9.17) is 4.74 Å². The summed E-state index contributed by atoms with van der Waals surface area (Å²) in [6.07, 6.45) is 0. The fraction of sp³-hybridized carbons (Fsp3) is 0.200. The molecule has 3 rings (SSSR count). The topological polar surface area (TPSA) is 93.2 Å². The van der Waals surface area contributed by atoms with Crippen LogP contribution in [0.2, 0.25) is 0 Å². The number of carbonyl (C=O) groups excluding carboxylic acids is 2. The summed E-state index contributed by atoms with van der Waals surface area (Å²) in [7, 11) is 1.57. The van der Waals surface area contributed by atoms with E-state index in [9.17, 15) is 9.59 Å². The van der Waals surface area contributed by atoms with Gasteiger partial charge in [-0.3, -0.25) is 14.9 Å². The zero-order valence-electron chi connectivity index (χ0n) is 16.2. The van der Waals surface area contributed by atoms with Crippen molar-refractivity contribution in [2.75, 3.05) is 23.5 Å². The molecular formula is C20H20N4O3S2. The molecule has 0 aliphatic carbocycles. The molecule has 0 radical (unpaired) electrons. The van der Waals surface area contributed by atoms with E-state index >= 15 is 0 Å². The summed E-state index contributed by atoms with van der Waals surface area (Å²) in [5, 5.41) is 14.0. The van der Waals surface area contributed by atoms with Crippen LogP contribution in [0.5, 0.6) is 5.75 Å². The lowest BCUT2D eigenvalue weighted by Gasteiger charge is -2.08. The Morgan fingerprint density at radius 3 is 2.55 bits per heavy atom. The minimum absolute atomic E-state index is 0.122. The molecule has 0 atom stereocenters. The van der Waals surface area contributed by atoms with Crippen molar-refractivity contribution in [3.8, 4) is 5.75 Å². The average molecular weight is 429 g/mol. The highest BCUT2D eigenvalue weighted by atomic mass is 32.2. The van der Waals surface area contributed by atoms with Gasteiger partial charge < -0.3 is 10.1 Å². The molecular weight excluding hydrogens is 408 g/mol. The van der Waals surface area contributed by atoms with Gasteiger partial charge in [-0.15, -0.1) is 10.2 Å². The lowest BCUT2D eigenvalue weighted by molar-refractivity contribution is -0.113. The summed E-state index contributed by atoms with van der Waals surface area (Å²) < 4.78 is 5.68. The highest BCUT2D eigenvalue weighted by Gasteiger charge is 2.12. The van der Waals surface area contributed by atoms with Gasteiger partial charge in [-0.05, 0) is 55.3 Å². The van der Waals surface area contributed by atoms with Crippen LogP contribution in [0.1, 0.15) is 21.5 Å². The zero-order valence-corrected chi connectivity index (χ0v) is 17.8. The number of aryl methyl sites for hydroxylation is 2. The Bertz CT molecular complexity index is 1020. The second-order valence-electron chi connectivity index (χ2n) is 6.21. The molecule has 0 aliphatic heterocycles. The Labute approximate surface area is 176 Å². The Morgan fingerprint density at radius 1 is 1.07 bits per heavy atom. The third kappa shape index (κ3) is 5.78. The number of nitrogens with zero attached hydrogens (tertiary/aromatic N) is 2. The molecule has 29 heavy (non-hydrogen) atoms. The number of thioether (sulfide) groups is 1. The quantitative estimate of drug-likeness (QED) is 0.434. The first kappa shape index (κ1) is 20.8. The van der Waals surface area contributed by atoms with Crippen molar-refractivity contribution in [1.82, 2.24) is 10.2 Å². The number of anilines is 2. The summed E-state index contributed by atoms with van der Waals surface area (Å²) in [5.41, 5.74) is 3.39. The van der Waals surface area contributed by atoms with Gasteiger partial charge in [0.1, 0.15) is 5.75 Å². The Kier molecular flexibility index (Phi) is 6.84. The van der Waals surface area contributed by atoms with Gasteiger partial charge >= 0.3 is 0 Å². The largest absolute Gasteiger partial charge is 0.497 e. The summed E-state index contributed by atoms with van der Waals surface area (Å²) >= 11 is 2.49. The second-order valence-corrected chi connectivity index (χ2v) is 8.41. The number of rotatable bonds is 7. The number of amides is 2. The van der Waals surface area contributed by atoms with Crippen LogP contribution in [0, 0.1) is 13.8 Å². The Balaban J connectivity index is 1.52. The minimum Gasteiger partial charge on any atom is -0.497 e. The highest BCUT2D eigenvalue weighted by Crippen LogP contribution is 2.26. The summed E-state index contributed by atoms with van der Waals surface area (Å²) in [6, 6.07) is 12.7. The van der Waals surface area contributed by atoms with E-state index < -0.39 is 0 Å². The van der Waals surface area contributed by atoms with E-state index in [1.165, 1.54) is 23.1 Å². The maximum Gasteiger partial charge on any atom is 0.257 e. The Morgan fingerprint density at radius 2 is 1.83 bits per heavy atom. The van der Waals surface area contributed by atoms with Gasteiger partial charge in [0.2, 0.25) is 11.0 Å². The summed E-state index contributed by atoms with van der Waals surface area (Å²) in [5.74, 6) is 0.472. The normalized spacial score (nSPS) is 10.4. The van der Waals surface area contributed by atoms with Gasteiger partial charge in [-0.2, -0.15) is 0 Å². The van der Waals surface area contributed by atoms with Crippen molar-refractivity contribution < 1.29 is 14.3 Å². The number of nitrogens with one attached hydrogen (secondary N) is 2. The molecule has 2 N–H and O–H groups in total. The molecule has 7 nitrogen and oxygen atoms in total. The molecule has 0 fully saturated rings. The molecule has 9 heteroatoms. The van der Waals surface area contributed by atoms with Crippen LogP contribution < -0.4 is 15.4 Å². The predicted octanol–water partition coefficient (Wildman–Crippen LogP) is 4.15. The number of benzene rings is 2. The molecule has 0 spiro atoms. The first-order valence-electron chi connectivity index (χ1n) is 8.73. The first-order chi connectivity index (χ1) is 13.9. The van der Waals surface area contributed by atoms with Gasteiger partial charge in [0.15, 0.2) is 4.34 Å². The van der Waals surface area contributed by atoms with Crippen LogP contribution in [0.4, 0.5) is 10.8 Å². The number of aromatic nitrogens is 2. The van der Waals surface area contributed by atoms with E-state index in [-0.39, 0.29) is 17.6 Å². The van der Waals surface area contributed by atoms with Crippen LogP contribution in [0.25, 0.3) is 0 Å². The number of ether oxygens (including phenoxy) is 1. The molecule has 0 bridgehead atoms. The average Bonchev–Trinajstić information content (AvgIpc) is 3.16. The highest BCUT2D eigenvalue weighted by molar-refractivity contribution is 8.01. The molecule has 0 saturated heterocycles. The lowest BCUT2D eigenvalue weighted by Crippen LogP contribution is -2.14.